The first-order chi connectivity index (χ1) is 20.2. The lowest BCUT2D eigenvalue weighted by atomic mass is 9.95. The summed E-state index contributed by atoms with van der Waals surface area (Å²) in [7, 11) is 1.57. The van der Waals surface area contributed by atoms with Gasteiger partial charge in [0.2, 0.25) is 0 Å². The zero-order valence-corrected chi connectivity index (χ0v) is 26.2. The maximum absolute atomic E-state index is 13.5. The minimum absolute atomic E-state index is 0.0676. The summed E-state index contributed by atoms with van der Waals surface area (Å²) < 4.78 is 17.4. The maximum atomic E-state index is 13.5. The smallest absolute Gasteiger partial charge is 0.295 e. The van der Waals surface area contributed by atoms with Crippen LogP contribution in [-0.4, -0.2) is 73.1 Å². The van der Waals surface area contributed by atoms with Crippen LogP contribution in [0, 0.1) is 5.92 Å². The average Bonchev–Trinajstić information content (AvgIpc) is 3.24. The van der Waals surface area contributed by atoms with Crippen LogP contribution >= 0.6 is 0 Å². The molecule has 230 valence electrons. The predicted octanol–water partition coefficient (Wildman–Crippen LogP) is 6.45. The Balaban J connectivity index is 2.00. The van der Waals surface area contributed by atoms with Gasteiger partial charge in [-0.3, -0.25) is 9.59 Å². The fraction of sp³-hybridized carbons (Fsp3) is 0.529. The number of hydrogen-bond acceptors (Lipinski definition) is 7. The molecule has 1 saturated heterocycles. The number of aliphatic hydroxyl groups excluding tert-OH is 1. The summed E-state index contributed by atoms with van der Waals surface area (Å²) in [5.74, 6) is 0.782. The third-order valence-electron chi connectivity index (χ3n) is 7.66. The number of benzene rings is 2. The van der Waals surface area contributed by atoms with Crippen molar-refractivity contribution in [3.8, 4) is 17.2 Å². The van der Waals surface area contributed by atoms with Gasteiger partial charge in [0, 0.05) is 12.1 Å². The molecular formula is C34H48N2O6. The molecule has 1 aliphatic heterocycles. The van der Waals surface area contributed by atoms with Crippen molar-refractivity contribution in [3.05, 3.63) is 59.2 Å². The molecule has 0 aliphatic carbocycles. The van der Waals surface area contributed by atoms with Gasteiger partial charge < -0.3 is 29.1 Å². The molecule has 1 fully saturated rings. The molecule has 1 N–H and O–H groups in total. The van der Waals surface area contributed by atoms with E-state index in [1.165, 1.54) is 0 Å². The summed E-state index contributed by atoms with van der Waals surface area (Å²) in [5, 5.41) is 11.5. The molecule has 0 spiro atoms. The molecular weight excluding hydrogens is 532 g/mol. The molecule has 1 unspecified atom stereocenters. The van der Waals surface area contributed by atoms with Gasteiger partial charge in [-0.25, -0.2) is 0 Å². The van der Waals surface area contributed by atoms with E-state index in [1.54, 1.807) is 42.3 Å². The van der Waals surface area contributed by atoms with Crippen molar-refractivity contribution in [3.63, 3.8) is 0 Å². The molecule has 2 aromatic rings. The summed E-state index contributed by atoms with van der Waals surface area (Å²) in [6.45, 7) is 14.7. The maximum Gasteiger partial charge on any atom is 0.295 e. The number of aliphatic hydroxyl groups is 1. The number of carbonyl (C=O) groups excluding carboxylic acids is 2. The Morgan fingerprint density at radius 2 is 1.67 bits per heavy atom. The minimum atomic E-state index is -0.763. The zero-order valence-electron chi connectivity index (χ0n) is 26.2. The fourth-order valence-corrected chi connectivity index (χ4v) is 5.04. The number of ether oxygens (including phenoxy) is 3. The fourth-order valence-electron chi connectivity index (χ4n) is 5.04. The van der Waals surface area contributed by atoms with Crippen molar-refractivity contribution < 1.29 is 28.9 Å². The normalized spacial score (nSPS) is 16.5. The molecule has 1 atom stereocenters. The molecule has 1 aliphatic rings. The minimum Gasteiger partial charge on any atom is -0.507 e. The number of carbonyl (C=O) groups is 2. The molecule has 8 nitrogen and oxygen atoms in total. The Hall–Kier alpha value is -3.52. The molecule has 0 radical (unpaired) electrons. The average molecular weight is 581 g/mol. The first-order valence-corrected chi connectivity index (χ1v) is 15.3. The van der Waals surface area contributed by atoms with E-state index in [-0.39, 0.29) is 11.3 Å². The van der Waals surface area contributed by atoms with Gasteiger partial charge in [-0.1, -0.05) is 47.1 Å². The lowest BCUT2D eigenvalue weighted by molar-refractivity contribution is -0.140. The van der Waals surface area contributed by atoms with Crippen LogP contribution < -0.4 is 14.2 Å². The molecule has 1 amide bonds. The number of nitrogens with zero attached hydrogens (tertiary/aromatic N) is 2. The second kappa shape index (κ2) is 16.2. The Labute approximate surface area is 251 Å². The molecule has 3 rings (SSSR count). The van der Waals surface area contributed by atoms with Gasteiger partial charge in [0.15, 0.2) is 11.5 Å². The Morgan fingerprint density at radius 3 is 2.29 bits per heavy atom. The molecule has 42 heavy (non-hydrogen) atoms. The van der Waals surface area contributed by atoms with Crippen LogP contribution in [0.4, 0.5) is 0 Å². The van der Waals surface area contributed by atoms with E-state index < -0.39 is 17.7 Å². The summed E-state index contributed by atoms with van der Waals surface area (Å²) in [6.07, 6.45) is 3.58. The standard InChI is InChI=1S/C34H48N2O6/c1-7-10-21-41-27-15-12-25(13-16-27)32(37)30-31(36(34(39)33(30)38)20-11-19-35(8-2)9-3)26-14-17-28(29(23-26)40-6)42-22-18-24(4)5/h12-17,23-24,31,37H,7-11,18-22H2,1-6H3/b32-30-. The SMILES string of the molecule is CCCCOc1ccc(/C(O)=C2/C(=O)C(=O)N(CCCN(CC)CC)C2c2ccc(OCCC(C)C)c(OC)c2)cc1. The topological polar surface area (TPSA) is 88.5 Å². The molecule has 8 heteroatoms. The number of unbranched alkanes of at least 4 members (excludes halogenated alkanes) is 1. The third kappa shape index (κ3) is 8.28. The molecule has 0 aromatic heterocycles. The van der Waals surface area contributed by atoms with Crippen LogP contribution in [-0.2, 0) is 9.59 Å². The van der Waals surface area contributed by atoms with Crippen LogP contribution in [0.15, 0.2) is 48.0 Å². The monoisotopic (exact) mass is 580 g/mol. The first-order valence-electron chi connectivity index (χ1n) is 15.3. The number of methoxy groups -OCH3 is 1. The number of hydrogen-bond donors (Lipinski definition) is 1. The highest BCUT2D eigenvalue weighted by Crippen LogP contribution is 2.42. The van der Waals surface area contributed by atoms with Crippen molar-refractivity contribution >= 4 is 17.4 Å². The van der Waals surface area contributed by atoms with Gasteiger partial charge in [-0.05, 0) is 86.8 Å². The Morgan fingerprint density at radius 1 is 0.952 bits per heavy atom. The van der Waals surface area contributed by atoms with E-state index >= 15 is 0 Å². The number of Topliss-reactive ketones (excluding diaryl/α,β-unsaturated/α-hetero) is 1. The van der Waals surface area contributed by atoms with Crippen LogP contribution in [0.1, 0.15) is 77.5 Å². The number of rotatable bonds is 17. The van der Waals surface area contributed by atoms with E-state index in [2.05, 4.69) is 39.5 Å². The number of likely N-dealkylation sites (tertiary alicyclic amines) is 1. The van der Waals surface area contributed by atoms with Gasteiger partial charge in [0.05, 0.1) is 31.9 Å². The first kappa shape index (κ1) is 33.0. The molecule has 1 heterocycles. The zero-order chi connectivity index (χ0) is 30.6. The van der Waals surface area contributed by atoms with Crippen molar-refractivity contribution in [2.24, 2.45) is 5.92 Å². The largest absolute Gasteiger partial charge is 0.507 e. The Bertz CT molecular complexity index is 1200. The quantitative estimate of drug-likeness (QED) is 0.0995. The molecule has 2 aromatic carbocycles. The van der Waals surface area contributed by atoms with Crippen LogP contribution in [0.5, 0.6) is 17.2 Å². The summed E-state index contributed by atoms with van der Waals surface area (Å²) in [4.78, 5) is 30.8. The highest BCUT2D eigenvalue weighted by atomic mass is 16.5. The van der Waals surface area contributed by atoms with Crippen molar-refractivity contribution in [2.75, 3.05) is 46.5 Å². The van der Waals surface area contributed by atoms with Crippen molar-refractivity contribution in [1.82, 2.24) is 9.80 Å². The lowest BCUT2D eigenvalue weighted by Gasteiger charge is -2.27. The predicted molar refractivity (Wildman–Crippen MR) is 166 cm³/mol. The Kier molecular flexibility index (Phi) is 12.7. The second-order valence-electron chi connectivity index (χ2n) is 11.0. The van der Waals surface area contributed by atoms with Gasteiger partial charge >= 0.3 is 0 Å². The highest BCUT2D eigenvalue weighted by Gasteiger charge is 2.46. The van der Waals surface area contributed by atoms with E-state index in [9.17, 15) is 14.7 Å². The highest BCUT2D eigenvalue weighted by molar-refractivity contribution is 6.46. The van der Waals surface area contributed by atoms with Crippen LogP contribution in [0.3, 0.4) is 0 Å². The van der Waals surface area contributed by atoms with Crippen molar-refractivity contribution in [2.45, 2.75) is 66.3 Å². The molecule has 0 saturated carbocycles. The van der Waals surface area contributed by atoms with Crippen LogP contribution in [0.2, 0.25) is 0 Å². The van der Waals surface area contributed by atoms with Gasteiger partial charge in [-0.15, -0.1) is 0 Å². The van der Waals surface area contributed by atoms with E-state index in [0.717, 1.165) is 38.9 Å². The second-order valence-corrected chi connectivity index (χ2v) is 11.0. The summed E-state index contributed by atoms with van der Waals surface area (Å²) in [5.41, 5.74) is 1.19. The van der Waals surface area contributed by atoms with E-state index in [1.807, 2.05) is 12.1 Å². The third-order valence-corrected chi connectivity index (χ3v) is 7.66. The molecule has 0 bridgehead atoms. The lowest BCUT2D eigenvalue weighted by Crippen LogP contribution is -2.33. The van der Waals surface area contributed by atoms with Crippen LogP contribution in [0.25, 0.3) is 5.76 Å². The number of amides is 1. The van der Waals surface area contributed by atoms with E-state index in [0.29, 0.717) is 60.5 Å². The van der Waals surface area contributed by atoms with Crippen molar-refractivity contribution in [1.29, 1.82) is 0 Å². The summed E-state index contributed by atoms with van der Waals surface area (Å²) in [6, 6.07) is 11.7. The van der Waals surface area contributed by atoms with Gasteiger partial charge in [0.25, 0.3) is 11.7 Å². The van der Waals surface area contributed by atoms with E-state index in [4.69, 9.17) is 14.2 Å². The number of ketones is 1. The summed E-state index contributed by atoms with van der Waals surface area (Å²) >= 11 is 0. The van der Waals surface area contributed by atoms with Gasteiger partial charge in [0.1, 0.15) is 11.5 Å². The van der Waals surface area contributed by atoms with Gasteiger partial charge in [-0.2, -0.15) is 0 Å².